The highest BCUT2D eigenvalue weighted by Crippen LogP contribution is 2.74. The second-order valence-corrected chi connectivity index (χ2v) is 8.65. The Labute approximate surface area is 142 Å². The van der Waals surface area contributed by atoms with Crippen LogP contribution in [0.2, 0.25) is 0 Å². The van der Waals surface area contributed by atoms with Crippen LogP contribution in [-0.2, 0) is 19.1 Å². The lowest BCUT2D eigenvalue weighted by Gasteiger charge is -2.57. The van der Waals surface area contributed by atoms with E-state index in [0.717, 1.165) is 12.8 Å². The maximum absolute atomic E-state index is 12.3. The van der Waals surface area contributed by atoms with Crippen molar-refractivity contribution in [2.24, 2.45) is 10.8 Å². The molecule has 2 bridgehead atoms. The normalized spacial score (nSPS) is 52.0. The number of hydrogen-bond acceptors (Lipinski definition) is 5. The predicted molar refractivity (Wildman–Crippen MR) is 86.4 cm³/mol. The van der Waals surface area contributed by atoms with E-state index in [9.17, 15) is 14.7 Å². The maximum atomic E-state index is 12.3. The summed E-state index contributed by atoms with van der Waals surface area (Å²) < 4.78 is 12.2. The third kappa shape index (κ3) is 1.66. The number of fused-ring (bicyclic) bond motifs is 2. The molecule has 0 unspecified atom stereocenters. The van der Waals surface area contributed by atoms with Crippen molar-refractivity contribution in [3.8, 4) is 0 Å². The first kappa shape index (κ1) is 16.4. The fourth-order valence-electron chi connectivity index (χ4n) is 5.93. The molecule has 2 saturated heterocycles. The molecule has 0 radical (unpaired) electrons. The molecule has 0 aromatic heterocycles. The van der Waals surface area contributed by atoms with Crippen LogP contribution in [-0.4, -0.2) is 46.7 Å². The number of epoxide rings is 1. The summed E-state index contributed by atoms with van der Waals surface area (Å²) in [6.07, 6.45) is 3.61. The van der Waals surface area contributed by atoms with Gasteiger partial charge in [0.25, 0.3) is 0 Å². The van der Waals surface area contributed by atoms with E-state index < -0.39 is 28.1 Å². The van der Waals surface area contributed by atoms with Crippen LogP contribution in [0.25, 0.3) is 0 Å². The summed E-state index contributed by atoms with van der Waals surface area (Å²) in [5.41, 5.74) is -1.82. The summed E-state index contributed by atoms with van der Waals surface area (Å²) in [6.45, 7) is 7.69. The molecule has 132 valence electrons. The average Bonchev–Trinajstić information content (AvgIpc) is 3.23. The fraction of sp³-hybridized carbons (Fsp3) is 0.789. The Morgan fingerprint density at radius 3 is 2.58 bits per heavy atom. The number of rotatable bonds is 3. The number of carbonyl (C=O) groups excluding carboxylic acids is 2. The number of Topliss-reactive ketones (excluding diaryl/α,β-unsaturated/α-hetero) is 2. The highest BCUT2D eigenvalue weighted by molar-refractivity contribution is 5.87. The smallest absolute Gasteiger partial charge is 0.164 e. The van der Waals surface area contributed by atoms with Crippen molar-refractivity contribution < 1.29 is 24.2 Å². The van der Waals surface area contributed by atoms with Crippen molar-refractivity contribution >= 4 is 11.6 Å². The van der Waals surface area contributed by atoms with Crippen molar-refractivity contribution in [2.45, 2.75) is 76.8 Å². The predicted octanol–water partition coefficient (Wildman–Crippen LogP) is 1.96. The molecule has 3 fully saturated rings. The molecule has 6 atom stereocenters. The standard InChI is InChI=1S/C19H26O5/c1-11-5-6-17(8-12(2)20)14(7-11)24-15-18(22,13(3)21)9-16(17,4)19(15)10-23-19/h7,14-15,22H,5-6,8-10H2,1-4H3/t14-,15-,16-,17-,18+,19+/m1/s1. The van der Waals surface area contributed by atoms with Crippen molar-refractivity contribution in [3.05, 3.63) is 11.6 Å². The van der Waals surface area contributed by atoms with Crippen LogP contribution in [0, 0.1) is 10.8 Å². The average molecular weight is 334 g/mol. The molecule has 1 saturated carbocycles. The van der Waals surface area contributed by atoms with E-state index in [1.165, 1.54) is 12.5 Å². The van der Waals surface area contributed by atoms with Crippen molar-refractivity contribution in [1.29, 1.82) is 0 Å². The summed E-state index contributed by atoms with van der Waals surface area (Å²) in [5.74, 6) is -0.159. The molecule has 1 spiro atoms. The van der Waals surface area contributed by atoms with E-state index in [0.29, 0.717) is 19.4 Å². The van der Waals surface area contributed by atoms with Gasteiger partial charge in [-0.15, -0.1) is 0 Å². The molecule has 24 heavy (non-hydrogen) atoms. The van der Waals surface area contributed by atoms with Crippen LogP contribution < -0.4 is 0 Å². The molecule has 2 aliphatic heterocycles. The largest absolute Gasteiger partial charge is 0.379 e. The number of ether oxygens (including phenoxy) is 2. The summed E-state index contributed by atoms with van der Waals surface area (Å²) in [6, 6.07) is 0. The quantitative estimate of drug-likeness (QED) is 0.631. The van der Waals surface area contributed by atoms with Gasteiger partial charge >= 0.3 is 0 Å². The SMILES string of the molecule is CC(=O)C[C@]12CCC(C)=C[C@H]1O[C@H]1[C@@]3(CO3)[C@]2(C)C[C@]1(O)C(C)=O. The third-order valence-corrected chi connectivity index (χ3v) is 7.37. The molecule has 0 amide bonds. The number of hydrogen-bond donors (Lipinski definition) is 1. The number of allylic oxidation sites excluding steroid dienone is 1. The van der Waals surface area contributed by atoms with E-state index >= 15 is 0 Å². The summed E-state index contributed by atoms with van der Waals surface area (Å²) >= 11 is 0. The molecular formula is C19H26O5. The van der Waals surface area contributed by atoms with E-state index in [1.54, 1.807) is 6.92 Å². The number of aliphatic hydroxyl groups is 1. The number of carbonyl (C=O) groups is 2. The van der Waals surface area contributed by atoms with Crippen LogP contribution in [0.15, 0.2) is 11.6 Å². The Kier molecular flexibility index (Phi) is 3.13. The van der Waals surface area contributed by atoms with Gasteiger partial charge < -0.3 is 19.4 Å². The topological polar surface area (TPSA) is 76.1 Å². The molecule has 2 aliphatic carbocycles. The Morgan fingerprint density at radius 2 is 2.04 bits per heavy atom. The monoisotopic (exact) mass is 334 g/mol. The molecule has 4 aliphatic rings. The van der Waals surface area contributed by atoms with Gasteiger partial charge in [-0.2, -0.15) is 0 Å². The van der Waals surface area contributed by atoms with Gasteiger partial charge in [0, 0.05) is 17.3 Å². The first-order valence-electron chi connectivity index (χ1n) is 8.81. The molecular weight excluding hydrogens is 308 g/mol. The Hall–Kier alpha value is -1.04. The first-order chi connectivity index (χ1) is 11.1. The van der Waals surface area contributed by atoms with E-state index in [2.05, 4.69) is 19.9 Å². The second-order valence-electron chi connectivity index (χ2n) is 8.65. The van der Waals surface area contributed by atoms with Gasteiger partial charge in [-0.05, 0) is 40.0 Å². The van der Waals surface area contributed by atoms with Gasteiger partial charge in [-0.3, -0.25) is 4.79 Å². The molecule has 0 aromatic rings. The van der Waals surface area contributed by atoms with Crippen LogP contribution in [0.1, 0.15) is 53.4 Å². The zero-order valence-corrected chi connectivity index (χ0v) is 14.8. The van der Waals surface area contributed by atoms with Gasteiger partial charge in [0.2, 0.25) is 0 Å². The fourth-order valence-corrected chi connectivity index (χ4v) is 5.93. The Morgan fingerprint density at radius 1 is 1.38 bits per heavy atom. The lowest BCUT2D eigenvalue weighted by atomic mass is 9.50. The lowest BCUT2D eigenvalue weighted by Crippen LogP contribution is -2.64. The number of ketones is 2. The zero-order chi connectivity index (χ0) is 17.5. The van der Waals surface area contributed by atoms with Gasteiger partial charge in [-0.1, -0.05) is 18.6 Å². The van der Waals surface area contributed by atoms with Crippen LogP contribution in [0.3, 0.4) is 0 Å². The van der Waals surface area contributed by atoms with E-state index in [-0.39, 0.29) is 17.7 Å². The minimum Gasteiger partial charge on any atom is -0.379 e. The Bertz CT molecular complexity index is 663. The van der Waals surface area contributed by atoms with Crippen LogP contribution in [0.5, 0.6) is 0 Å². The highest BCUT2D eigenvalue weighted by Gasteiger charge is 2.84. The highest BCUT2D eigenvalue weighted by atomic mass is 16.6. The van der Waals surface area contributed by atoms with Crippen LogP contribution >= 0.6 is 0 Å². The Balaban J connectivity index is 1.91. The maximum Gasteiger partial charge on any atom is 0.164 e. The van der Waals surface area contributed by atoms with Gasteiger partial charge in [-0.25, -0.2) is 0 Å². The summed E-state index contributed by atoms with van der Waals surface area (Å²) in [4.78, 5) is 24.4. The summed E-state index contributed by atoms with van der Waals surface area (Å²) in [7, 11) is 0. The van der Waals surface area contributed by atoms with Crippen molar-refractivity contribution in [3.63, 3.8) is 0 Å². The van der Waals surface area contributed by atoms with Gasteiger partial charge in [0.05, 0.1) is 12.7 Å². The molecule has 1 N–H and O–H groups in total. The second kappa shape index (κ2) is 4.57. The minimum atomic E-state index is -1.53. The molecule has 0 aromatic carbocycles. The third-order valence-electron chi connectivity index (χ3n) is 7.37. The molecule has 5 nitrogen and oxygen atoms in total. The van der Waals surface area contributed by atoms with Crippen LogP contribution in [0.4, 0.5) is 0 Å². The van der Waals surface area contributed by atoms with Gasteiger partial charge in [0.15, 0.2) is 11.4 Å². The molecule has 4 rings (SSSR count). The van der Waals surface area contributed by atoms with E-state index in [1.807, 2.05) is 0 Å². The first-order valence-corrected chi connectivity index (χ1v) is 8.81. The summed E-state index contributed by atoms with van der Waals surface area (Å²) in [5, 5.41) is 11.2. The minimum absolute atomic E-state index is 0.116. The van der Waals surface area contributed by atoms with E-state index in [4.69, 9.17) is 9.47 Å². The molecule has 5 heteroatoms. The van der Waals surface area contributed by atoms with Crippen molar-refractivity contribution in [2.75, 3.05) is 6.61 Å². The molecule has 2 heterocycles. The van der Waals surface area contributed by atoms with Crippen molar-refractivity contribution in [1.82, 2.24) is 0 Å². The lowest BCUT2D eigenvalue weighted by molar-refractivity contribution is -0.215. The zero-order valence-electron chi connectivity index (χ0n) is 14.8. The van der Waals surface area contributed by atoms with Gasteiger partial charge in [0.1, 0.15) is 17.5 Å².